The van der Waals surface area contributed by atoms with Crippen molar-refractivity contribution in [3.8, 4) is 0 Å². The van der Waals surface area contributed by atoms with Gasteiger partial charge < -0.3 is 10.6 Å². The molecule has 21 heavy (non-hydrogen) atoms. The minimum atomic E-state index is -0.133. The number of rotatable bonds is 4. The Hall–Kier alpha value is -1.46. The first kappa shape index (κ1) is 14.5. The van der Waals surface area contributed by atoms with Gasteiger partial charge in [-0.3, -0.25) is 9.78 Å². The van der Waals surface area contributed by atoms with E-state index in [9.17, 15) is 4.79 Å². The number of nitrogens with zero attached hydrogens (tertiary/aromatic N) is 1. The smallest absolute Gasteiger partial charge is 0.220 e. The van der Waals surface area contributed by atoms with Gasteiger partial charge in [-0.2, -0.15) is 0 Å². The molecule has 1 saturated heterocycles. The van der Waals surface area contributed by atoms with E-state index >= 15 is 0 Å². The second-order valence-corrected chi connectivity index (χ2v) is 6.77. The van der Waals surface area contributed by atoms with Crippen LogP contribution in [0.3, 0.4) is 0 Å². The topological polar surface area (TPSA) is 54.0 Å². The normalized spacial score (nSPS) is 21.7. The van der Waals surface area contributed by atoms with Crippen molar-refractivity contribution < 1.29 is 4.79 Å². The average Bonchev–Trinajstić information content (AvgIpc) is 2.78. The number of nitrogens with one attached hydrogen (secondary N) is 2. The van der Waals surface area contributed by atoms with Gasteiger partial charge in [0.15, 0.2) is 0 Å². The van der Waals surface area contributed by atoms with Crippen molar-refractivity contribution in [3.63, 3.8) is 0 Å². The monoisotopic (exact) mass is 347 g/mol. The van der Waals surface area contributed by atoms with Crippen LogP contribution in [0.15, 0.2) is 34.9 Å². The second kappa shape index (κ2) is 5.73. The molecule has 0 radical (unpaired) electrons. The van der Waals surface area contributed by atoms with Crippen molar-refractivity contribution in [2.45, 2.75) is 31.8 Å². The third-order valence-electron chi connectivity index (χ3n) is 3.92. The van der Waals surface area contributed by atoms with Crippen molar-refractivity contribution >= 4 is 32.7 Å². The van der Waals surface area contributed by atoms with Crippen LogP contribution in [0.5, 0.6) is 0 Å². The van der Waals surface area contributed by atoms with Gasteiger partial charge in [0.25, 0.3) is 0 Å². The number of carbonyl (C=O) groups is 1. The summed E-state index contributed by atoms with van der Waals surface area (Å²) in [4.78, 5) is 15.8. The van der Waals surface area contributed by atoms with E-state index in [1.807, 2.05) is 12.3 Å². The zero-order valence-corrected chi connectivity index (χ0v) is 13.5. The summed E-state index contributed by atoms with van der Waals surface area (Å²) >= 11 is 3.55. The van der Waals surface area contributed by atoms with Crippen molar-refractivity contribution in [3.05, 3.63) is 40.5 Å². The van der Waals surface area contributed by atoms with Gasteiger partial charge in [-0.25, -0.2) is 0 Å². The van der Waals surface area contributed by atoms with E-state index in [-0.39, 0.29) is 11.4 Å². The standard InChI is InChI=1S/C16H18BrN3O/c1-16(5-4-14(21)20-16)10-18-9-12-8-13(17)7-11-3-2-6-19-15(11)12/h2-3,6-8,18H,4-5,9-10H2,1H3,(H,20,21). The quantitative estimate of drug-likeness (QED) is 0.893. The number of benzene rings is 1. The largest absolute Gasteiger partial charge is 0.350 e. The van der Waals surface area contributed by atoms with E-state index in [1.165, 1.54) is 0 Å². The highest BCUT2D eigenvalue weighted by Gasteiger charge is 2.32. The van der Waals surface area contributed by atoms with E-state index < -0.39 is 0 Å². The molecule has 0 bridgehead atoms. The summed E-state index contributed by atoms with van der Waals surface area (Å²) in [6.45, 7) is 3.58. The molecule has 1 aromatic carbocycles. The fraction of sp³-hybridized carbons (Fsp3) is 0.375. The number of hydrogen-bond donors (Lipinski definition) is 2. The van der Waals surface area contributed by atoms with Gasteiger partial charge in [0.05, 0.1) is 11.1 Å². The summed E-state index contributed by atoms with van der Waals surface area (Å²) in [7, 11) is 0. The van der Waals surface area contributed by atoms with Crippen LogP contribution in [0.25, 0.3) is 10.9 Å². The molecule has 1 unspecified atom stereocenters. The van der Waals surface area contributed by atoms with Gasteiger partial charge in [-0.05, 0) is 37.1 Å². The van der Waals surface area contributed by atoms with Crippen LogP contribution in [0, 0.1) is 0 Å². The first-order valence-electron chi connectivity index (χ1n) is 7.11. The van der Waals surface area contributed by atoms with Gasteiger partial charge in [-0.15, -0.1) is 0 Å². The molecular formula is C16H18BrN3O. The molecule has 0 aliphatic carbocycles. The van der Waals surface area contributed by atoms with Crippen LogP contribution in [0.1, 0.15) is 25.3 Å². The van der Waals surface area contributed by atoms with Crippen LogP contribution in [0.2, 0.25) is 0 Å². The number of fused-ring (bicyclic) bond motifs is 1. The zero-order chi connectivity index (χ0) is 14.9. The molecule has 2 aromatic rings. The van der Waals surface area contributed by atoms with Gasteiger partial charge in [0.1, 0.15) is 0 Å². The Morgan fingerprint density at radius 2 is 2.33 bits per heavy atom. The minimum absolute atomic E-state index is 0.133. The predicted octanol–water partition coefficient (Wildman–Crippen LogP) is 2.76. The second-order valence-electron chi connectivity index (χ2n) is 5.85. The van der Waals surface area contributed by atoms with Gasteiger partial charge in [0, 0.05) is 35.6 Å². The van der Waals surface area contributed by atoms with Crippen LogP contribution < -0.4 is 10.6 Å². The van der Waals surface area contributed by atoms with Crippen LogP contribution in [-0.2, 0) is 11.3 Å². The Morgan fingerprint density at radius 1 is 1.48 bits per heavy atom. The minimum Gasteiger partial charge on any atom is -0.350 e. The molecular weight excluding hydrogens is 330 g/mol. The number of amides is 1. The number of carbonyl (C=O) groups excluding carboxylic acids is 1. The molecule has 3 rings (SSSR count). The molecule has 1 amide bonds. The lowest BCUT2D eigenvalue weighted by Crippen LogP contribution is -2.46. The van der Waals surface area contributed by atoms with E-state index in [4.69, 9.17) is 0 Å². The maximum atomic E-state index is 11.4. The van der Waals surface area contributed by atoms with Crippen LogP contribution >= 0.6 is 15.9 Å². The lowest BCUT2D eigenvalue weighted by molar-refractivity contribution is -0.119. The molecule has 1 aliphatic rings. The van der Waals surface area contributed by atoms with E-state index in [1.54, 1.807) is 0 Å². The molecule has 2 heterocycles. The lowest BCUT2D eigenvalue weighted by atomic mass is 10.0. The molecule has 0 spiro atoms. The molecule has 2 N–H and O–H groups in total. The Kier molecular flexibility index (Phi) is 3.95. The van der Waals surface area contributed by atoms with Crippen LogP contribution in [-0.4, -0.2) is 23.0 Å². The molecule has 1 atom stereocenters. The van der Waals surface area contributed by atoms with Crippen molar-refractivity contribution in [2.75, 3.05) is 6.54 Å². The maximum Gasteiger partial charge on any atom is 0.220 e. The first-order chi connectivity index (χ1) is 10.1. The Bertz CT molecular complexity index is 688. The molecule has 5 heteroatoms. The fourth-order valence-electron chi connectivity index (χ4n) is 2.82. The highest BCUT2D eigenvalue weighted by atomic mass is 79.9. The van der Waals surface area contributed by atoms with E-state index in [0.717, 1.165) is 40.4 Å². The highest BCUT2D eigenvalue weighted by molar-refractivity contribution is 9.10. The first-order valence-corrected chi connectivity index (χ1v) is 7.90. The molecule has 1 fully saturated rings. The summed E-state index contributed by atoms with van der Waals surface area (Å²) in [5.41, 5.74) is 2.05. The number of aromatic nitrogens is 1. The third-order valence-corrected chi connectivity index (χ3v) is 4.38. The van der Waals surface area contributed by atoms with E-state index in [0.29, 0.717) is 6.42 Å². The fourth-order valence-corrected chi connectivity index (χ4v) is 3.34. The molecule has 0 saturated carbocycles. The molecule has 4 nitrogen and oxygen atoms in total. The summed E-state index contributed by atoms with van der Waals surface area (Å²) in [6.07, 6.45) is 3.33. The summed E-state index contributed by atoms with van der Waals surface area (Å²) in [5.74, 6) is 0.147. The van der Waals surface area contributed by atoms with Crippen LogP contribution in [0.4, 0.5) is 0 Å². The van der Waals surface area contributed by atoms with E-state index in [2.05, 4.69) is 56.7 Å². The molecule has 1 aromatic heterocycles. The average molecular weight is 348 g/mol. The molecule has 1 aliphatic heterocycles. The summed E-state index contributed by atoms with van der Waals surface area (Å²) in [5, 5.41) is 7.62. The lowest BCUT2D eigenvalue weighted by Gasteiger charge is -2.24. The third kappa shape index (κ3) is 3.24. The van der Waals surface area contributed by atoms with Crippen molar-refractivity contribution in [1.29, 1.82) is 0 Å². The highest BCUT2D eigenvalue weighted by Crippen LogP contribution is 2.23. The SMILES string of the molecule is CC1(CNCc2cc(Br)cc3cccnc23)CCC(=O)N1. The number of halogens is 1. The van der Waals surface area contributed by atoms with Gasteiger partial charge in [-0.1, -0.05) is 22.0 Å². The zero-order valence-electron chi connectivity index (χ0n) is 11.9. The number of pyridine rings is 1. The van der Waals surface area contributed by atoms with Crippen molar-refractivity contribution in [2.24, 2.45) is 0 Å². The Balaban J connectivity index is 1.72. The summed E-state index contributed by atoms with van der Waals surface area (Å²) < 4.78 is 1.06. The predicted molar refractivity (Wildman–Crippen MR) is 86.9 cm³/mol. The summed E-state index contributed by atoms with van der Waals surface area (Å²) in [6, 6.07) is 8.18. The number of hydrogen-bond acceptors (Lipinski definition) is 3. The van der Waals surface area contributed by atoms with Gasteiger partial charge >= 0.3 is 0 Å². The van der Waals surface area contributed by atoms with Gasteiger partial charge in [0.2, 0.25) is 5.91 Å². The Labute approximate surface area is 132 Å². The molecule has 110 valence electrons. The van der Waals surface area contributed by atoms with Crippen molar-refractivity contribution in [1.82, 2.24) is 15.6 Å². The maximum absolute atomic E-state index is 11.4. The Morgan fingerprint density at radius 3 is 3.10 bits per heavy atom.